The predicted octanol–water partition coefficient (Wildman–Crippen LogP) is 3.86. The van der Waals surface area contributed by atoms with Crippen LogP contribution in [0.5, 0.6) is 0 Å². The second-order valence-corrected chi connectivity index (χ2v) is 10.1. The zero-order valence-electron chi connectivity index (χ0n) is 22.1. The largest absolute Gasteiger partial charge is 0.378 e. The molecule has 4 rings (SSSR count). The molecule has 38 heavy (non-hydrogen) atoms. The van der Waals surface area contributed by atoms with Gasteiger partial charge < -0.3 is 19.9 Å². The molecule has 1 fully saturated rings. The fourth-order valence-electron chi connectivity index (χ4n) is 4.38. The highest BCUT2D eigenvalue weighted by Crippen LogP contribution is 2.22. The smallest absolute Gasteiger partial charge is 0.247 e. The Balaban J connectivity index is 1.47. The van der Waals surface area contributed by atoms with Crippen molar-refractivity contribution in [1.82, 2.24) is 19.9 Å². The third-order valence-electron chi connectivity index (χ3n) is 6.26. The van der Waals surface area contributed by atoms with Gasteiger partial charge in [0.15, 0.2) is 5.16 Å². The van der Waals surface area contributed by atoms with Gasteiger partial charge in [0.05, 0.1) is 19.0 Å². The fraction of sp³-hybridized carbons (Fsp3) is 0.393. The molecule has 9 nitrogen and oxygen atoms in total. The van der Waals surface area contributed by atoms with Crippen molar-refractivity contribution in [2.24, 2.45) is 0 Å². The van der Waals surface area contributed by atoms with Crippen LogP contribution in [0, 0.1) is 13.8 Å². The summed E-state index contributed by atoms with van der Waals surface area (Å²) in [6.07, 6.45) is 3.87. The van der Waals surface area contributed by atoms with E-state index in [4.69, 9.17) is 4.74 Å². The number of pyridine rings is 1. The van der Waals surface area contributed by atoms with Gasteiger partial charge in [-0.15, -0.1) is 0 Å². The molecule has 200 valence electrons. The minimum absolute atomic E-state index is 0.126. The van der Waals surface area contributed by atoms with Crippen LogP contribution < -0.4 is 10.2 Å². The molecule has 1 aromatic carbocycles. The average Bonchev–Trinajstić information content (AvgIpc) is 2.92. The first-order chi connectivity index (χ1) is 18.4. The van der Waals surface area contributed by atoms with Gasteiger partial charge in [-0.2, -0.15) is 0 Å². The SMILES string of the molecule is CC[C@@H](C(=O)Nc1ccc(N2CCOCC2)cc1)N(Cc1cccnc1)C(=O)CSc1nc(C)cc(C)n1. The van der Waals surface area contributed by atoms with Crippen molar-refractivity contribution in [2.45, 2.75) is 44.9 Å². The Hall–Kier alpha value is -3.50. The standard InChI is InChI=1S/C28H34N6O3S/c1-4-25(27(36)32-23-7-9-24(10-8-23)33-12-14-37-15-13-33)34(18-22-6-5-11-29-17-22)26(35)19-38-28-30-20(2)16-21(3)31-28/h5-11,16-17,25H,4,12-15,18-19H2,1-3H3,(H,32,36)/t25-/m0/s1. The average molecular weight is 535 g/mol. The van der Waals surface area contributed by atoms with E-state index in [0.29, 0.717) is 30.5 Å². The van der Waals surface area contributed by atoms with Crippen molar-refractivity contribution in [2.75, 3.05) is 42.3 Å². The lowest BCUT2D eigenvalue weighted by atomic mass is 10.1. The Morgan fingerprint density at radius 1 is 1.11 bits per heavy atom. The lowest BCUT2D eigenvalue weighted by molar-refractivity contribution is -0.137. The van der Waals surface area contributed by atoms with E-state index in [9.17, 15) is 9.59 Å². The molecule has 0 saturated carbocycles. The number of thioether (sulfide) groups is 1. The fourth-order valence-corrected chi connectivity index (χ4v) is 5.21. The summed E-state index contributed by atoms with van der Waals surface area (Å²) < 4.78 is 5.43. The number of hydrogen-bond donors (Lipinski definition) is 1. The van der Waals surface area contributed by atoms with Crippen LogP contribution in [0.1, 0.15) is 30.3 Å². The maximum Gasteiger partial charge on any atom is 0.247 e. The van der Waals surface area contributed by atoms with Gasteiger partial charge in [-0.3, -0.25) is 14.6 Å². The number of hydrogen-bond acceptors (Lipinski definition) is 8. The van der Waals surface area contributed by atoms with E-state index in [-0.39, 0.29) is 24.1 Å². The maximum absolute atomic E-state index is 13.5. The number of carbonyl (C=O) groups excluding carboxylic acids is 2. The summed E-state index contributed by atoms with van der Waals surface area (Å²) in [6.45, 7) is 9.12. The maximum atomic E-state index is 13.5. The van der Waals surface area contributed by atoms with Gasteiger partial charge in [-0.25, -0.2) is 9.97 Å². The molecular formula is C28H34N6O3S. The van der Waals surface area contributed by atoms with Crippen molar-refractivity contribution in [3.63, 3.8) is 0 Å². The van der Waals surface area contributed by atoms with Gasteiger partial charge in [-0.05, 0) is 62.2 Å². The number of ether oxygens (including phenoxy) is 1. The Morgan fingerprint density at radius 3 is 2.45 bits per heavy atom. The molecule has 0 spiro atoms. The molecule has 1 aliphatic rings. The monoisotopic (exact) mass is 534 g/mol. The van der Waals surface area contributed by atoms with E-state index in [1.807, 2.05) is 63.2 Å². The van der Waals surface area contributed by atoms with E-state index < -0.39 is 6.04 Å². The number of aryl methyl sites for hydroxylation is 2. The van der Waals surface area contributed by atoms with E-state index in [0.717, 1.165) is 35.7 Å². The van der Waals surface area contributed by atoms with Crippen molar-refractivity contribution in [3.05, 3.63) is 71.8 Å². The molecule has 1 N–H and O–H groups in total. The minimum atomic E-state index is -0.651. The van der Waals surface area contributed by atoms with Gasteiger partial charge in [-0.1, -0.05) is 24.8 Å². The molecule has 0 radical (unpaired) electrons. The summed E-state index contributed by atoms with van der Waals surface area (Å²) in [4.78, 5) is 43.9. The molecular weight excluding hydrogens is 500 g/mol. The van der Waals surface area contributed by atoms with E-state index in [1.165, 1.54) is 11.8 Å². The molecule has 2 aromatic heterocycles. The van der Waals surface area contributed by atoms with Crippen molar-refractivity contribution < 1.29 is 14.3 Å². The van der Waals surface area contributed by atoms with Gasteiger partial charge in [0, 0.05) is 54.8 Å². The predicted molar refractivity (Wildman–Crippen MR) is 149 cm³/mol. The number of nitrogens with zero attached hydrogens (tertiary/aromatic N) is 5. The summed E-state index contributed by atoms with van der Waals surface area (Å²) in [6, 6.07) is 12.8. The Morgan fingerprint density at radius 2 is 1.82 bits per heavy atom. The molecule has 0 aliphatic carbocycles. The molecule has 10 heteroatoms. The van der Waals surface area contributed by atoms with Gasteiger partial charge in [0.1, 0.15) is 6.04 Å². The van der Waals surface area contributed by atoms with Gasteiger partial charge >= 0.3 is 0 Å². The number of amides is 2. The molecule has 1 aliphatic heterocycles. The Kier molecular flexibility index (Phi) is 9.67. The first-order valence-corrected chi connectivity index (χ1v) is 13.8. The third-order valence-corrected chi connectivity index (χ3v) is 7.09. The lowest BCUT2D eigenvalue weighted by Crippen LogP contribution is -2.47. The summed E-state index contributed by atoms with van der Waals surface area (Å²) in [7, 11) is 0. The number of rotatable bonds is 10. The number of aromatic nitrogens is 3. The molecule has 0 bridgehead atoms. The van der Waals surface area contributed by atoms with Gasteiger partial charge in [0.25, 0.3) is 0 Å². The van der Waals surface area contributed by atoms with Crippen LogP contribution in [0.15, 0.2) is 60.0 Å². The summed E-state index contributed by atoms with van der Waals surface area (Å²) in [5.74, 6) is -0.260. The van der Waals surface area contributed by atoms with Crippen LogP contribution in [0.3, 0.4) is 0 Å². The molecule has 1 saturated heterocycles. The number of anilines is 2. The number of morpholine rings is 1. The third kappa shape index (κ3) is 7.52. The molecule has 3 aromatic rings. The Bertz CT molecular complexity index is 1200. The molecule has 2 amide bonds. The second kappa shape index (κ2) is 13.3. The molecule has 1 atom stereocenters. The topological polar surface area (TPSA) is 101 Å². The van der Waals surface area contributed by atoms with Crippen LogP contribution >= 0.6 is 11.8 Å². The lowest BCUT2D eigenvalue weighted by Gasteiger charge is -2.31. The number of nitrogens with one attached hydrogen (secondary N) is 1. The summed E-state index contributed by atoms with van der Waals surface area (Å²) >= 11 is 1.28. The summed E-state index contributed by atoms with van der Waals surface area (Å²) in [5.41, 5.74) is 4.35. The number of carbonyl (C=O) groups is 2. The normalized spacial score (nSPS) is 14.1. The first kappa shape index (κ1) is 27.5. The van der Waals surface area contributed by atoms with Crippen molar-refractivity contribution in [3.8, 4) is 0 Å². The minimum Gasteiger partial charge on any atom is -0.378 e. The zero-order chi connectivity index (χ0) is 26.9. The molecule has 0 unspecified atom stereocenters. The van der Waals surface area contributed by atoms with Crippen LogP contribution in [-0.4, -0.2) is 69.8 Å². The second-order valence-electron chi connectivity index (χ2n) is 9.16. The van der Waals surface area contributed by atoms with E-state index in [2.05, 4.69) is 25.2 Å². The van der Waals surface area contributed by atoms with Crippen molar-refractivity contribution >= 4 is 35.0 Å². The quantitative estimate of drug-likeness (QED) is 0.309. The van der Waals surface area contributed by atoms with Crippen LogP contribution in [0.2, 0.25) is 0 Å². The zero-order valence-corrected chi connectivity index (χ0v) is 22.9. The van der Waals surface area contributed by atoms with Crippen LogP contribution in [-0.2, 0) is 20.9 Å². The van der Waals surface area contributed by atoms with E-state index in [1.54, 1.807) is 17.3 Å². The first-order valence-electron chi connectivity index (χ1n) is 12.8. The van der Waals surface area contributed by atoms with Crippen molar-refractivity contribution in [1.29, 1.82) is 0 Å². The Labute approximate surface area is 228 Å². The van der Waals surface area contributed by atoms with E-state index >= 15 is 0 Å². The number of benzene rings is 1. The highest BCUT2D eigenvalue weighted by atomic mass is 32.2. The molecule has 3 heterocycles. The van der Waals surface area contributed by atoms with Crippen LogP contribution in [0.25, 0.3) is 0 Å². The highest BCUT2D eigenvalue weighted by Gasteiger charge is 2.29. The van der Waals surface area contributed by atoms with Crippen LogP contribution in [0.4, 0.5) is 11.4 Å². The summed E-state index contributed by atoms with van der Waals surface area (Å²) in [5, 5.41) is 3.56. The van der Waals surface area contributed by atoms with Gasteiger partial charge in [0.2, 0.25) is 11.8 Å². The highest BCUT2D eigenvalue weighted by molar-refractivity contribution is 7.99.